The predicted octanol–water partition coefficient (Wildman–Crippen LogP) is 7.05. The van der Waals surface area contributed by atoms with Gasteiger partial charge in [0, 0.05) is 50.0 Å². The zero-order valence-electron chi connectivity index (χ0n) is 33.3. The van der Waals surface area contributed by atoms with Gasteiger partial charge in [-0.1, -0.05) is 12.1 Å². The highest BCUT2D eigenvalue weighted by Gasteiger charge is 2.51. The average molecular weight is 836 g/mol. The first-order valence-corrected chi connectivity index (χ1v) is 21.9. The van der Waals surface area contributed by atoms with E-state index in [2.05, 4.69) is 30.6 Å². The summed E-state index contributed by atoms with van der Waals surface area (Å²) in [6.07, 6.45) is 10.1. The SMILES string of the molecule is Cc1ccc(C(=O)N2CC3CNCC(C2)O3)cc1NC(=O)CC12CC3CC(CC(C3)C1)C2.O=C(O)c1cc(N=Nc2ccc(S(=O)(=O)Nc3ccccn3)cc2)ccc1O. The van der Waals surface area contributed by atoms with Crippen LogP contribution in [0.4, 0.5) is 22.9 Å². The van der Waals surface area contributed by atoms with E-state index in [-0.39, 0.29) is 57.2 Å². The summed E-state index contributed by atoms with van der Waals surface area (Å²) in [4.78, 5) is 43.2. The van der Waals surface area contributed by atoms with E-state index in [1.165, 1.54) is 93.3 Å². The number of aromatic nitrogens is 1. The number of aromatic carboxylic acids is 1. The molecule has 4 saturated carbocycles. The number of sulfonamides is 1. The van der Waals surface area contributed by atoms with Crippen molar-refractivity contribution in [3.05, 3.63) is 102 Å². The number of carbonyl (C=O) groups excluding carboxylic acids is 2. The normalized spacial score (nSPS) is 25.3. The number of carbonyl (C=O) groups is 3. The van der Waals surface area contributed by atoms with Crippen molar-refractivity contribution in [3.63, 3.8) is 0 Å². The third kappa shape index (κ3) is 9.51. The molecule has 1 aromatic heterocycles. The number of fused-ring (bicyclic) bond motifs is 2. The minimum Gasteiger partial charge on any atom is -0.507 e. The lowest BCUT2D eigenvalue weighted by molar-refractivity contribution is -0.124. The van der Waals surface area contributed by atoms with Gasteiger partial charge in [0.1, 0.15) is 17.1 Å². The summed E-state index contributed by atoms with van der Waals surface area (Å²) in [7, 11) is -3.79. The van der Waals surface area contributed by atoms with Gasteiger partial charge < -0.3 is 30.5 Å². The fourth-order valence-corrected chi connectivity index (χ4v) is 11.0. The molecule has 10 rings (SSSR count). The molecule has 2 atom stereocenters. The Hall–Kier alpha value is -5.71. The van der Waals surface area contributed by atoms with Gasteiger partial charge in [0.2, 0.25) is 5.91 Å². The second-order valence-corrected chi connectivity index (χ2v) is 18.6. The van der Waals surface area contributed by atoms with Crippen molar-refractivity contribution in [3.8, 4) is 5.75 Å². The molecule has 16 heteroatoms. The molecule has 0 spiro atoms. The van der Waals surface area contributed by atoms with Crippen molar-refractivity contribution in [2.24, 2.45) is 33.4 Å². The maximum absolute atomic E-state index is 13.2. The second kappa shape index (κ2) is 17.1. The maximum atomic E-state index is 13.2. The number of morpholine rings is 2. The average Bonchev–Trinajstić information content (AvgIpc) is 3.21. The lowest BCUT2D eigenvalue weighted by Gasteiger charge is -2.56. The molecular formula is C44H49N7O8S. The van der Waals surface area contributed by atoms with Crippen LogP contribution in [0.15, 0.2) is 100 Å². The number of phenols is 1. The van der Waals surface area contributed by atoms with Gasteiger partial charge in [0.25, 0.3) is 15.9 Å². The van der Waals surface area contributed by atoms with E-state index in [4.69, 9.17) is 9.84 Å². The molecule has 2 aliphatic heterocycles. The summed E-state index contributed by atoms with van der Waals surface area (Å²) in [6, 6.07) is 20.0. The van der Waals surface area contributed by atoms with Gasteiger partial charge >= 0.3 is 5.97 Å². The number of hydrogen-bond acceptors (Lipinski definition) is 11. The van der Waals surface area contributed by atoms with Crippen LogP contribution in [-0.2, 0) is 19.6 Å². The smallest absolute Gasteiger partial charge is 0.339 e. The van der Waals surface area contributed by atoms with E-state index >= 15 is 0 Å². The van der Waals surface area contributed by atoms with Gasteiger partial charge in [0.05, 0.1) is 28.5 Å². The molecule has 4 aromatic rings. The number of pyridine rings is 1. The molecule has 2 amide bonds. The maximum Gasteiger partial charge on any atom is 0.339 e. The number of nitrogens with zero attached hydrogens (tertiary/aromatic N) is 4. The summed E-state index contributed by atoms with van der Waals surface area (Å²) in [6.45, 7) is 4.81. The molecule has 6 bridgehead atoms. The number of hydrogen-bond donors (Lipinski definition) is 5. The Bertz CT molecular complexity index is 2350. The van der Waals surface area contributed by atoms with Crippen LogP contribution in [0.5, 0.6) is 5.75 Å². The lowest BCUT2D eigenvalue weighted by atomic mass is 9.49. The van der Waals surface area contributed by atoms with E-state index < -0.39 is 16.0 Å². The lowest BCUT2D eigenvalue weighted by Crippen LogP contribution is -2.59. The van der Waals surface area contributed by atoms with Crippen LogP contribution in [0.3, 0.4) is 0 Å². The number of aryl methyl sites for hydroxylation is 1. The van der Waals surface area contributed by atoms with E-state index in [1.807, 2.05) is 30.0 Å². The first-order chi connectivity index (χ1) is 28.8. The van der Waals surface area contributed by atoms with Crippen LogP contribution in [0.1, 0.15) is 71.2 Å². The Balaban J connectivity index is 0.000000168. The molecule has 3 heterocycles. The van der Waals surface area contributed by atoms with Crippen molar-refractivity contribution in [2.45, 2.75) is 69.0 Å². The summed E-state index contributed by atoms with van der Waals surface area (Å²) < 4.78 is 33.0. The summed E-state index contributed by atoms with van der Waals surface area (Å²) in [5.74, 6) is 1.23. The molecule has 15 nitrogen and oxygen atoms in total. The molecule has 4 aliphatic carbocycles. The first-order valence-electron chi connectivity index (χ1n) is 20.4. The quantitative estimate of drug-likeness (QED) is 0.103. The van der Waals surface area contributed by atoms with E-state index in [0.29, 0.717) is 30.8 Å². The van der Waals surface area contributed by atoms with Crippen molar-refractivity contribution in [2.75, 3.05) is 36.2 Å². The number of ether oxygens (including phenoxy) is 1. The number of benzene rings is 3. The Morgan fingerprint density at radius 3 is 2.17 bits per heavy atom. The van der Waals surface area contributed by atoms with Crippen molar-refractivity contribution in [1.29, 1.82) is 0 Å². The minimum absolute atomic E-state index is 0.0231. The van der Waals surface area contributed by atoms with Gasteiger partial charge in [-0.3, -0.25) is 14.3 Å². The molecule has 60 heavy (non-hydrogen) atoms. The molecule has 3 aromatic carbocycles. The molecule has 2 unspecified atom stereocenters. The van der Waals surface area contributed by atoms with Gasteiger partial charge in [0.15, 0.2) is 0 Å². The molecule has 6 fully saturated rings. The molecule has 6 aliphatic rings. The zero-order valence-corrected chi connectivity index (χ0v) is 34.1. The van der Waals surface area contributed by atoms with Crippen molar-refractivity contribution in [1.82, 2.24) is 15.2 Å². The van der Waals surface area contributed by atoms with Gasteiger partial charge in [-0.15, -0.1) is 0 Å². The number of carboxylic acids is 1. The third-order valence-corrected chi connectivity index (χ3v) is 13.6. The predicted molar refractivity (Wildman–Crippen MR) is 223 cm³/mol. The highest BCUT2D eigenvalue weighted by Crippen LogP contribution is 2.61. The van der Waals surface area contributed by atoms with E-state index in [9.17, 15) is 27.9 Å². The minimum atomic E-state index is -3.79. The van der Waals surface area contributed by atoms with E-state index in [1.54, 1.807) is 12.1 Å². The number of aromatic hydroxyl groups is 1. The number of anilines is 2. The monoisotopic (exact) mass is 835 g/mol. The van der Waals surface area contributed by atoms with Gasteiger partial charge in [-0.2, -0.15) is 10.2 Å². The second-order valence-electron chi connectivity index (χ2n) is 16.9. The van der Waals surface area contributed by atoms with Crippen LogP contribution in [0.25, 0.3) is 0 Å². The van der Waals surface area contributed by atoms with Crippen LogP contribution in [0.2, 0.25) is 0 Å². The highest BCUT2D eigenvalue weighted by molar-refractivity contribution is 7.92. The Morgan fingerprint density at radius 2 is 1.53 bits per heavy atom. The topological polar surface area (TPSA) is 212 Å². The van der Waals surface area contributed by atoms with Crippen LogP contribution >= 0.6 is 0 Å². The number of amides is 2. The summed E-state index contributed by atoms with van der Waals surface area (Å²) >= 11 is 0. The molecule has 0 radical (unpaired) electrons. The highest BCUT2D eigenvalue weighted by atomic mass is 32.2. The molecular weight excluding hydrogens is 787 g/mol. The van der Waals surface area contributed by atoms with E-state index in [0.717, 1.165) is 42.1 Å². The zero-order chi connectivity index (χ0) is 42.0. The third-order valence-electron chi connectivity index (χ3n) is 12.3. The van der Waals surface area contributed by atoms with Crippen LogP contribution in [0, 0.1) is 30.1 Å². The Kier molecular flexibility index (Phi) is 11.7. The first kappa shape index (κ1) is 41.0. The largest absolute Gasteiger partial charge is 0.507 e. The Labute approximate surface area is 348 Å². The number of carboxylic acid groups (broad SMARTS) is 1. The van der Waals surface area contributed by atoms with Crippen molar-refractivity contribution < 1.29 is 37.8 Å². The van der Waals surface area contributed by atoms with Gasteiger partial charge in [-0.25, -0.2) is 18.2 Å². The fraction of sp³-hybridized carbons (Fsp3) is 0.409. The molecule has 5 N–H and O–H groups in total. The molecule has 2 saturated heterocycles. The van der Waals surface area contributed by atoms with Gasteiger partial charge in [-0.05, 0) is 141 Å². The van der Waals surface area contributed by atoms with Crippen molar-refractivity contribution >= 4 is 50.7 Å². The summed E-state index contributed by atoms with van der Waals surface area (Å²) in [5.41, 5.74) is 2.95. The molecule has 314 valence electrons. The fourth-order valence-electron chi connectivity index (χ4n) is 10.0. The number of rotatable bonds is 10. The summed E-state index contributed by atoms with van der Waals surface area (Å²) in [5, 5.41) is 32.8. The number of nitrogens with one attached hydrogen (secondary N) is 3. The van der Waals surface area contributed by atoms with Crippen LogP contribution < -0.4 is 15.4 Å². The standard InChI is InChI=1S/C26H35N3O3.C18H14N4O5S/c1-16-2-3-20(25(31)29-14-21-12-27-13-22(15-29)32-21)7-23(16)28-24(30)11-26-8-17-4-18(9-26)6-19(5-17)10-26;23-16-9-6-13(11-15(16)18(24)25)21-20-12-4-7-14(8-5-12)28(26,27)22-17-3-1-2-10-19-17/h2-3,7,17-19,21-22,27H,4-6,8-15H2,1H3,(H,28,30);1-11,23H,(H,19,22)(H,24,25). The van der Waals surface area contributed by atoms with Crippen LogP contribution in [-0.4, -0.2) is 84.7 Å². The number of azo groups is 1. The Morgan fingerprint density at radius 1 is 0.883 bits per heavy atom.